The molecule has 1 N–H and O–H groups in total. The van der Waals surface area contributed by atoms with Crippen molar-refractivity contribution in [2.75, 3.05) is 25.2 Å². The van der Waals surface area contributed by atoms with Crippen molar-refractivity contribution in [1.29, 1.82) is 0 Å². The Hall–Kier alpha value is -0.850. The fraction of sp³-hybridized carbons (Fsp3) is 0.692. The summed E-state index contributed by atoms with van der Waals surface area (Å²) in [7, 11) is -1.26. The van der Waals surface area contributed by atoms with Crippen LogP contribution >= 0.6 is 0 Å². The molecule has 0 spiro atoms. The molecule has 1 saturated heterocycles. The lowest BCUT2D eigenvalue weighted by Crippen LogP contribution is -2.28. The second kappa shape index (κ2) is 6.07. The fourth-order valence-corrected chi connectivity index (χ4v) is 4.43. The Labute approximate surface area is 114 Å². The molecule has 0 amide bonds. The average Bonchev–Trinajstić information content (AvgIpc) is 2.93. The van der Waals surface area contributed by atoms with Gasteiger partial charge >= 0.3 is 0 Å². The second-order valence-corrected chi connectivity index (χ2v) is 7.16. The van der Waals surface area contributed by atoms with Crippen LogP contribution in [0.5, 0.6) is 0 Å². The highest BCUT2D eigenvalue weighted by atomic mass is 32.2. The number of hydrogen-bond acceptors (Lipinski definition) is 5. The van der Waals surface area contributed by atoms with E-state index in [2.05, 4.69) is 5.32 Å². The number of hydrogen-bond donors (Lipinski definition) is 1. The molecule has 19 heavy (non-hydrogen) atoms. The van der Waals surface area contributed by atoms with E-state index in [9.17, 15) is 8.42 Å². The highest BCUT2D eigenvalue weighted by Gasteiger charge is 2.35. The molecule has 1 aliphatic rings. The number of furan rings is 1. The molecule has 2 atom stereocenters. The smallest absolute Gasteiger partial charge is 0.150 e. The lowest BCUT2D eigenvalue weighted by Gasteiger charge is -2.21. The molecule has 0 saturated carbocycles. The van der Waals surface area contributed by atoms with Crippen molar-refractivity contribution in [2.45, 2.75) is 26.0 Å². The summed E-state index contributed by atoms with van der Waals surface area (Å²) >= 11 is 0. The maximum Gasteiger partial charge on any atom is 0.150 e. The van der Waals surface area contributed by atoms with Gasteiger partial charge in [-0.3, -0.25) is 0 Å². The van der Waals surface area contributed by atoms with E-state index in [0.717, 1.165) is 18.1 Å². The summed E-state index contributed by atoms with van der Waals surface area (Å²) in [6.45, 7) is 3.22. The van der Waals surface area contributed by atoms with Crippen LogP contribution in [0.15, 0.2) is 16.5 Å². The lowest BCUT2D eigenvalue weighted by atomic mass is 9.97. The first-order valence-corrected chi connectivity index (χ1v) is 8.39. The van der Waals surface area contributed by atoms with Crippen LogP contribution in [0.25, 0.3) is 0 Å². The van der Waals surface area contributed by atoms with Crippen LogP contribution in [-0.4, -0.2) is 33.6 Å². The first-order valence-electron chi connectivity index (χ1n) is 6.57. The van der Waals surface area contributed by atoms with Crippen LogP contribution in [0.4, 0.5) is 0 Å². The minimum atomic E-state index is -2.88. The summed E-state index contributed by atoms with van der Waals surface area (Å²) in [5, 5.41) is 3.34. The maximum absolute atomic E-state index is 11.6. The number of ether oxygens (including phenoxy) is 1. The predicted octanol–water partition coefficient (Wildman–Crippen LogP) is 1.51. The van der Waals surface area contributed by atoms with Gasteiger partial charge in [0.2, 0.25) is 0 Å². The monoisotopic (exact) mass is 287 g/mol. The Kier molecular flexibility index (Phi) is 4.65. The molecule has 1 aromatic heterocycles. The molecule has 1 aliphatic heterocycles. The zero-order valence-corrected chi connectivity index (χ0v) is 12.2. The average molecular weight is 287 g/mol. The molecule has 2 unspecified atom stereocenters. The topological polar surface area (TPSA) is 68.5 Å². The van der Waals surface area contributed by atoms with Gasteiger partial charge in [-0.25, -0.2) is 8.42 Å². The van der Waals surface area contributed by atoms with Crippen LogP contribution in [0, 0.1) is 5.92 Å². The van der Waals surface area contributed by atoms with Gasteiger partial charge < -0.3 is 14.5 Å². The van der Waals surface area contributed by atoms with Gasteiger partial charge in [0.1, 0.15) is 18.1 Å². The number of rotatable bonds is 6. The van der Waals surface area contributed by atoms with Crippen LogP contribution in [0.2, 0.25) is 0 Å². The highest BCUT2D eigenvalue weighted by Crippen LogP contribution is 2.32. The Morgan fingerprint density at radius 2 is 2.32 bits per heavy atom. The molecule has 0 bridgehead atoms. The summed E-state index contributed by atoms with van der Waals surface area (Å²) in [6.07, 6.45) is 0.695. The second-order valence-electron chi connectivity index (χ2n) is 4.94. The summed E-state index contributed by atoms with van der Waals surface area (Å²) in [5.74, 6) is 2.18. The molecule has 0 aliphatic carbocycles. The van der Waals surface area contributed by atoms with Crippen LogP contribution in [0.3, 0.4) is 0 Å². The number of sulfone groups is 1. The van der Waals surface area contributed by atoms with Crippen molar-refractivity contribution in [1.82, 2.24) is 5.32 Å². The summed E-state index contributed by atoms with van der Waals surface area (Å²) < 4.78 is 34.0. The van der Waals surface area contributed by atoms with Gasteiger partial charge in [0, 0.05) is 7.11 Å². The molecule has 6 heteroatoms. The summed E-state index contributed by atoms with van der Waals surface area (Å²) in [4.78, 5) is 0. The largest absolute Gasteiger partial charge is 0.462 e. The minimum absolute atomic E-state index is 0.0344. The Morgan fingerprint density at radius 1 is 1.53 bits per heavy atom. The third-order valence-corrected chi connectivity index (χ3v) is 5.23. The van der Waals surface area contributed by atoms with E-state index in [4.69, 9.17) is 9.15 Å². The molecule has 5 nitrogen and oxygen atoms in total. The molecule has 1 aromatic rings. The van der Waals surface area contributed by atoms with Gasteiger partial charge in [-0.15, -0.1) is 0 Å². The van der Waals surface area contributed by atoms with Crippen molar-refractivity contribution in [3.05, 3.63) is 23.7 Å². The number of nitrogens with one attached hydrogen (secondary N) is 1. The molecule has 2 heterocycles. The van der Waals surface area contributed by atoms with Crippen molar-refractivity contribution in [2.24, 2.45) is 5.92 Å². The van der Waals surface area contributed by atoms with E-state index in [-0.39, 0.29) is 23.5 Å². The van der Waals surface area contributed by atoms with Gasteiger partial charge in [0.05, 0.1) is 17.5 Å². The molecule has 0 radical (unpaired) electrons. The predicted molar refractivity (Wildman–Crippen MR) is 72.6 cm³/mol. The van der Waals surface area contributed by atoms with Crippen molar-refractivity contribution in [3.63, 3.8) is 0 Å². The van der Waals surface area contributed by atoms with E-state index in [1.54, 1.807) is 7.11 Å². The van der Waals surface area contributed by atoms with Crippen LogP contribution in [-0.2, 0) is 21.2 Å². The SMILES string of the molecule is CCNC(c1ccc(COC)o1)C1CCS(=O)(=O)C1. The normalized spacial score (nSPS) is 23.6. The molecule has 108 valence electrons. The zero-order valence-electron chi connectivity index (χ0n) is 11.4. The molecule has 0 aromatic carbocycles. The van der Waals surface area contributed by atoms with Gasteiger partial charge in [0.15, 0.2) is 9.84 Å². The van der Waals surface area contributed by atoms with E-state index in [1.165, 1.54) is 0 Å². The quantitative estimate of drug-likeness (QED) is 0.859. The Balaban J connectivity index is 2.15. The van der Waals surface area contributed by atoms with Gasteiger partial charge in [-0.05, 0) is 31.0 Å². The zero-order chi connectivity index (χ0) is 13.9. The summed E-state index contributed by atoms with van der Waals surface area (Å²) in [5.41, 5.74) is 0. The third-order valence-electron chi connectivity index (χ3n) is 3.44. The number of methoxy groups -OCH3 is 1. The molecule has 1 fully saturated rings. The Morgan fingerprint density at radius 3 is 2.89 bits per heavy atom. The summed E-state index contributed by atoms with van der Waals surface area (Å²) in [6, 6.07) is 3.76. The third kappa shape index (κ3) is 3.58. The minimum Gasteiger partial charge on any atom is -0.462 e. The van der Waals surface area contributed by atoms with E-state index >= 15 is 0 Å². The molecular formula is C13H21NO4S. The van der Waals surface area contributed by atoms with E-state index in [0.29, 0.717) is 13.0 Å². The van der Waals surface area contributed by atoms with Crippen LogP contribution < -0.4 is 5.32 Å². The lowest BCUT2D eigenvalue weighted by molar-refractivity contribution is 0.160. The molecular weight excluding hydrogens is 266 g/mol. The fourth-order valence-electron chi connectivity index (χ4n) is 2.59. The van der Waals surface area contributed by atoms with Crippen LogP contribution in [0.1, 0.15) is 30.9 Å². The first-order chi connectivity index (χ1) is 9.05. The maximum atomic E-state index is 11.6. The van der Waals surface area contributed by atoms with Crippen molar-refractivity contribution >= 4 is 9.84 Å². The van der Waals surface area contributed by atoms with E-state index in [1.807, 2.05) is 19.1 Å². The van der Waals surface area contributed by atoms with Crippen molar-refractivity contribution in [3.8, 4) is 0 Å². The van der Waals surface area contributed by atoms with Gasteiger partial charge in [-0.2, -0.15) is 0 Å². The Bertz CT molecular complexity index is 508. The van der Waals surface area contributed by atoms with E-state index < -0.39 is 9.84 Å². The van der Waals surface area contributed by atoms with Crippen molar-refractivity contribution < 1.29 is 17.6 Å². The first kappa shape index (κ1) is 14.6. The van der Waals surface area contributed by atoms with Gasteiger partial charge in [0.25, 0.3) is 0 Å². The molecule has 2 rings (SSSR count). The van der Waals surface area contributed by atoms with Gasteiger partial charge in [-0.1, -0.05) is 6.92 Å². The highest BCUT2D eigenvalue weighted by molar-refractivity contribution is 7.91. The standard InChI is InChI=1S/C13H21NO4S/c1-3-14-13(10-6-7-19(15,16)9-10)12-5-4-11(18-12)8-17-2/h4-5,10,13-14H,3,6-9H2,1-2H3.